The summed E-state index contributed by atoms with van der Waals surface area (Å²) in [5, 5.41) is 2.85. The van der Waals surface area contributed by atoms with Crippen molar-refractivity contribution in [3.05, 3.63) is 41.5 Å². The van der Waals surface area contributed by atoms with Crippen LogP contribution in [0, 0.1) is 0 Å². The van der Waals surface area contributed by atoms with Gasteiger partial charge in [0.15, 0.2) is 0 Å². The highest BCUT2D eigenvalue weighted by atomic mass is 16.1. The van der Waals surface area contributed by atoms with E-state index in [1.165, 1.54) is 16.7 Å². The van der Waals surface area contributed by atoms with Gasteiger partial charge in [0, 0.05) is 13.0 Å². The van der Waals surface area contributed by atoms with Gasteiger partial charge < -0.3 is 5.32 Å². The van der Waals surface area contributed by atoms with Gasteiger partial charge in [-0.2, -0.15) is 0 Å². The van der Waals surface area contributed by atoms with Crippen LogP contribution in [0.25, 0.3) is 5.57 Å². The Bertz CT molecular complexity index is 435. The van der Waals surface area contributed by atoms with Crippen molar-refractivity contribution in [3.63, 3.8) is 0 Å². The zero-order valence-corrected chi connectivity index (χ0v) is 12.3. The van der Waals surface area contributed by atoms with Crippen LogP contribution < -0.4 is 5.32 Å². The second-order valence-corrected chi connectivity index (χ2v) is 4.67. The van der Waals surface area contributed by atoms with Gasteiger partial charge in [0.2, 0.25) is 5.91 Å². The smallest absolute Gasteiger partial charge is 0.220 e. The third-order valence-electron chi connectivity index (χ3n) is 3.23. The van der Waals surface area contributed by atoms with Crippen molar-refractivity contribution in [1.29, 1.82) is 0 Å². The average molecular weight is 259 g/mol. The zero-order valence-electron chi connectivity index (χ0n) is 12.3. The summed E-state index contributed by atoms with van der Waals surface area (Å²) in [7, 11) is 0. The van der Waals surface area contributed by atoms with Crippen molar-refractivity contribution in [2.24, 2.45) is 0 Å². The summed E-state index contributed by atoms with van der Waals surface area (Å²) in [6.45, 7) is 6.90. The second kappa shape index (κ2) is 8.52. The van der Waals surface area contributed by atoms with Gasteiger partial charge in [-0.15, -0.1) is 0 Å². The number of carbonyl (C=O) groups excluding carboxylic acids is 1. The normalized spacial score (nSPS) is 11.4. The van der Waals surface area contributed by atoms with Crippen LogP contribution in [0.15, 0.2) is 30.3 Å². The molecule has 1 aromatic rings. The highest BCUT2D eigenvalue weighted by molar-refractivity contribution is 5.79. The maximum Gasteiger partial charge on any atom is 0.220 e. The third-order valence-corrected chi connectivity index (χ3v) is 3.23. The first-order valence-corrected chi connectivity index (χ1v) is 7.23. The number of amides is 1. The quantitative estimate of drug-likeness (QED) is 0.789. The molecule has 0 unspecified atom stereocenters. The standard InChI is InChI=1S/C17H25NO/c1-4-9-15-10-7-8-11-16(15)14(5-2)12-13-17(19)18-6-3/h5,7-8,10-11H,4,6,9,12-13H2,1-3H3,(H,18,19)/b14-5-. The van der Waals surface area contributed by atoms with E-state index in [2.05, 4.69) is 49.5 Å². The lowest BCUT2D eigenvalue weighted by atomic mass is 9.94. The lowest BCUT2D eigenvalue weighted by molar-refractivity contribution is -0.120. The number of hydrogen-bond acceptors (Lipinski definition) is 1. The molecule has 0 atom stereocenters. The van der Waals surface area contributed by atoms with Crippen LogP contribution in [0.5, 0.6) is 0 Å². The van der Waals surface area contributed by atoms with E-state index in [1.54, 1.807) is 0 Å². The van der Waals surface area contributed by atoms with Gasteiger partial charge in [-0.05, 0) is 43.4 Å². The first-order valence-electron chi connectivity index (χ1n) is 7.23. The molecule has 0 aliphatic rings. The minimum Gasteiger partial charge on any atom is -0.356 e. The van der Waals surface area contributed by atoms with Crippen LogP contribution in [0.4, 0.5) is 0 Å². The Kier molecular flexibility index (Phi) is 6.94. The molecule has 0 heterocycles. The maximum atomic E-state index is 11.6. The summed E-state index contributed by atoms with van der Waals surface area (Å²) in [4.78, 5) is 11.6. The van der Waals surface area contributed by atoms with Gasteiger partial charge in [0.25, 0.3) is 0 Å². The van der Waals surface area contributed by atoms with Crippen molar-refractivity contribution in [2.75, 3.05) is 6.54 Å². The number of nitrogens with one attached hydrogen (secondary N) is 1. The molecule has 0 spiro atoms. The molecule has 0 aliphatic carbocycles. The van der Waals surface area contributed by atoms with Crippen molar-refractivity contribution in [1.82, 2.24) is 5.32 Å². The topological polar surface area (TPSA) is 29.1 Å². The predicted octanol–water partition coefficient (Wildman–Crippen LogP) is 3.96. The molecule has 1 N–H and O–H groups in total. The van der Waals surface area contributed by atoms with E-state index >= 15 is 0 Å². The SMILES string of the molecule is C/C=C(/CCC(=O)NCC)c1ccccc1CCC. The molecule has 0 bridgehead atoms. The summed E-state index contributed by atoms with van der Waals surface area (Å²) in [5.41, 5.74) is 3.96. The first kappa shape index (κ1) is 15.5. The largest absolute Gasteiger partial charge is 0.356 e. The Morgan fingerprint density at radius 1 is 1.21 bits per heavy atom. The van der Waals surface area contributed by atoms with Gasteiger partial charge in [-0.3, -0.25) is 4.79 Å². The number of carbonyl (C=O) groups is 1. The van der Waals surface area contributed by atoms with Crippen LogP contribution in [-0.2, 0) is 11.2 Å². The molecule has 2 nitrogen and oxygen atoms in total. The van der Waals surface area contributed by atoms with E-state index in [9.17, 15) is 4.79 Å². The molecule has 1 amide bonds. The molecule has 0 radical (unpaired) electrons. The first-order chi connectivity index (χ1) is 9.22. The Morgan fingerprint density at radius 3 is 2.58 bits per heavy atom. The van der Waals surface area contributed by atoms with Crippen LogP contribution >= 0.6 is 0 Å². The van der Waals surface area contributed by atoms with E-state index in [-0.39, 0.29) is 5.91 Å². The molecule has 1 rings (SSSR count). The summed E-state index contributed by atoms with van der Waals surface area (Å²) in [6.07, 6.45) is 5.74. The van der Waals surface area contributed by atoms with Gasteiger partial charge in [0.05, 0.1) is 0 Å². The summed E-state index contributed by atoms with van der Waals surface area (Å²) in [5.74, 6) is 0.134. The lowest BCUT2D eigenvalue weighted by Crippen LogP contribution is -2.22. The van der Waals surface area contributed by atoms with Gasteiger partial charge in [0.1, 0.15) is 0 Å². The lowest BCUT2D eigenvalue weighted by Gasteiger charge is -2.12. The number of benzene rings is 1. The second-order valence-electron chi connectivity index (χ2n) is 4.67. The molecular weight excluding hydrogens is 234 g/mol. The summed E-state index contributed by atoms with van der Waals surface area (Å²) < 4.78 is 0. The zero-order chi connectivity index (χ0) is 14.1. The minimum atomic E-state index is 0.134. The van der Waals surface area contributed by atoms with Gasteiger partial charge in [-0.25, -0.2) is 0 Å². The van der Waals surface area contributed by atoms with Crippen LogP contribution in [0.1, 0.15) is 51.2 Å². The van der Waals surface area contributed by atoms with Crippen LogP contribution in [0.2, 0.25) is 0 Å². The highest BCUT2D eigenvalue weighted by Crippen LogP contribution is 2.24. The fourth-order valence-electron chi connectivity index (χ4n) is 2.29. The van der Waals surface area contributed by atoms with Gasteiger partial charge in [-0.1, -0.05) is 43.7 Å². The number of allylic oxidation sites excluding steroid dienone is 2. The van der Waals surface area contributed by atoms with Gasteiger partial charge >= 0.3 is 0 Å². The predicted molar refractivity (Wildman–Crippen MR) is 82.0 cm³/mol. The van der Waals surface area contributed by atoms with E-state index in [4.69, 9.17) is 0 Å². The molecule has 0 aromatic heterocycles. The number of aryl methyl sites for hydroxylation is 1. The van der Waals surface area contributed by atoms with Crippen molar-refractivity contribution >= 4 is 11.5 Å². The highest BCUT2D eigenvalue weighted by Gasteiger charge is 2.08. The number of rotatable bonds is 7. The minimum absolute atomic E-state index is 0.134. The number of hydrogen-bond donors (Lipinski definition) is 1. The monoisotopic (exact) mass is 259 g/mol. The maximum absolute atomic E-state index is 11.6. The molecule has 0 saturated carbocycles. The van der Waals surface area contributed by atoms with E-state index in [1.807, 2.05) is 6.92 Å². The van der Waals surface area contributed by atoms with Crippen molar-refractivity contribution in [3.8, 4) is 0 Å². The average Bonchev–Trinajstić information content (AvgIpc) is 2.42. The summed E-state index contributed by atoms with van der Waals surface area (Å²) in [6, 6.07) is 8.52. The Balaban J connectivity index is 2.78. The molecule has 19 heavy (non-hydrogen) atoms. The molecular formula is C17H25NO. The van der Waals surface area contributed by atoms with Crippen molar-refractivity contribution < 1.29 is 4.79 Å². The molecule has 0 saturated heterocycles. The Hall–Kier alpha value is -1.57. The molecule has 0 fully saturated rings. The molecule has 2 heteroatoms. The summed E-state index contributed by atoms with van der Waals surface area (Å²) >= 11 is 0. The van der Waals surface area contributed by atoms with E-state index in [0.717, 1.165) is 19.3 Å². The van der Waals surface area contributed by atoms with Crippen LogP contribution in [0.3, 0.4) is 0 Å². The van der Waals surface area contributed by atoms with Crippen molar-refractivity contribution in [2.45, 2.75) is 46.5 Å². The fourth-order valence-corrected chi connectivity index (χ4v) is 2.29. The van der Waals surface area contributed by atoms with E-state index < -0.39 is 0 Å². The molecule has 0 aliphatic heterocycles. The fraction of sp³-hybridized carbons (Fsp3) is 0.471. The Labute approximate surface area is 116 Å². The van der Waals surface area contributed by atoms with Crippen LogP contribution in [-0.4, -0.2) is 12.5 Å². The van der Waals surface area contributed by atoms with E-state index in [0.29, 0.717) is 13.0 Å². The molecule has 1 aromatic carbocycles. The molecule has 104 valence electrons. The Morgan fingerprint density at radius 2 is 1.95 bits per heavy atom. The third kappa shape index (κ3) is 4.90.